The van der Waals surface area contributed by atoms with E-state index in [0.717, 1.165) is 6.42 Å². The number of nitrogens with zero attached hydrogens (tertiary/aromatic N) is 1. The average molecular weight is 198 g/mol. The van der Waals surface area contributed by atoms with Crippen LogP contribution >= 0.6 is 11.6 Å². The number of aromatic nitrogens is 1. The summed E-state index contributed by atoms with van der Waals surface area (Å²) in [4.78, 5) is 15.5. The van der Waals surface area contributed by atoms with Gasteiger partial charge in [0.15, 0.2) is 5.78 Å². The third-order valence-electron chi connectivity index (χ3n) is 2.10. The number of hydrogen-bond acceptors (Lipinski definition) is 2. The highest BCUT2D eigenvalue weighted by atomic mass is 35.5. The second-order valence-corrected chi connectivity index (χ2v) is 3.44. The molecule has 1 aromatic rings. The van der Waals surface area contributed by atoms with Crippen LogP contribution in [0.25, 0.3) is 0 Å². The third kappa shape index (κ3) is 2.28. The normalized spacial score (nSPS) is 12.5. The van der Waals surface area contributed by atoms with Gasteiger partial charge in [-0.15, -0.1) is 0 Å². The summed E-state index contributed by atoms with van der Waals surface area (Å²) in [5, 5.41) is 0.438. The molecule has 0 aromatic carbocycles. The van der Waals surface area contributed by atoms with Gasteiger partial charge in [0.1, 0.15) is 0 Å². The van der Waals surface area contributed by atoms with Crippen molar-refractivity contribution in [3.8, 4) is 0 Å². The Bertz CT molecular complexity index is 312. The van der Waals surface area contributed by atoms with Gasteiger partial charge in [-0.1, -0.05) is 25.4 Å². The van der Waals surface area contributed by atoms with Gasteiger partial charge in [0.05, 0.1) is 5.02 Å². The Morgan fingerprint density at radius 3 is 2.92 bits per heavy atom. The molecule has 0 saturated carbocycles. The van der Waals surface area contributed by atoms with Crippen molar-refractivity contribution in [2.45, 2.75) is 20.3 Å². The van der Waals surface area contributed by atoms with Crippen molar-refractivity contribution in [2.24, 2.45) is 5.92 Å². The Morgan fingerprint density at radius 1 is 1.69 bits per heavy atom. The largest absolute Gasteiger partial charge is 0.294 e. The van der Waals surface area contributed by atoms with Crippen LogP contribution in [0.3, 0.4) is 0 Å². The van der Waals surface area contributed by atoms with Crippen LogP contribution in [-0.2, 0) is 0 Å². The predicted octanol–water partition coefficient (Wildman–Crippen LogP) is 2.96. The van der Waals surface area contributed by atoms with E-state index in [2.05, 4.69) is 4.98 Å². The lowest BCUT2D eigenvalue weighted by molar-refractivity contribution is 0.0927. The van der Waals surface area contributed by atoms with Gasteiger partial charge in [-0.3, -0.25) is 9.78 Å². The maximum Gasteiger partial charge on any atom is 0.167 e. The SMILES string of the molecule is CCC(C)C(=O)c1ccncc1Cl. The van der Waals surface area contributed by atoms with E-state index in [1.54, 1.807) is 12.3 Å². The van der Waals surface area contributed by atoms with Crippen LogP contribution < -0.4 is 0 Å². The predicted molar refractivity (Wildman–Crippen MR) is 53.0 cm³/mol. The van der Waals surface area contributed by atoms with Crippen molar-refractivity contribution in [3.05, 3.63) is 29.0 Å². The minimum absolute atomic E-state index is 0.0277. The maximum absolute atomic E-state index is 11.7. The Hall–Kier alpha value is -0.890. The summed E-state index contributed by atoms with van der Waals surface area (Å²) in [5.41, 5.74) is 0.575. The van der Waals surface area contributed by atoms with Gasteiger partial charge < -0.3 is 0 Å². The lowest BCUT2D eigenvalue weighted by Gasteiger charge is -2.07. The van der Waals surface area contributed by atoms with Crippen LogP contribution in [0.15, 0.2) is 18.5 Å². The van der Waals surface area contributed by atoms with Gasteiger partial charge >= 0.3 is 0 Å². The number of carbonyl (C=O) groups excluding carboxylic acids is 1. The molecule has 1 aromatic heterocycles. The first kappa shape index (κ1) is 10.2. The molecule has 0 aliphatic rings. The average Bonchev–Trinajstić information content (AvgIpc) is 2.16. The Morgan fingerprint density at radius 2 is 2.38 bits per heavy atom. The van der Waals surface area contributed by atoms with Crippen LogP contribution in [0, 0.1) is 5.92 Å². The highest BCUT2D eigenvalue weighted by Gasteiger charge is 2.15. The fourth-order valence-electron chi connectivity index (χ4n) is 1.03. The highest BCUT2D eigenvalue weighted by molar-refractivity contribution is 6.33. The van der Waals surface area contributed by atoms with Gasteiger partial charge in [-0.25, -0.2) is 0 Å². The summed E-state index contributed by atoms with van der Waals surface area (Å²) in [5.74, 6) is 0.120. The molecule has 0 radical (unpaired) electrons. The van der Waals surface area contributed by atoms with Crippen LogP contribution in [0.5, 0.6) is 0 Å². The molecule has 1 unspecified atom stereocenters. The molecular formula is C10H12ClNO. The number of rotatable bonds is 3. The van der Waals surface area contributed by atoms with Crippen molar-refractivity contribution >= 4 is 17.4 Å². The number of carbonyl (C=O) groups is 1. The zero-order chi connectivity index (χ0) is 9.84. The molecule has 1 rings (SSSR count). The highest BCUT2D eigenvalue weighted by Crippen LogP contribution is 2.18. The standard InChI is InChI=1S/C10H12ClNO/c1-3-7(2)10(13)8-4-5-12-6-9(8)11/h4-7H,3H2,1-2H3. The molecule has 0 aliphatic carbocycles. The summed E-state index contributed by atoms with van der Waals surface area (Å²) >= 11 is 5.84. The van der Waals surface area contributed by atoms with E-state index >= 15 is 0 Å². The lowest BCUT2D eigenvalue weighted by atomic mass is 9.98. The van der Waals surface area contributed by atoms with Crippen molar-refractivity contribution in [2.75, 3.05) is 0 Å². The quantitative estimate of drug-likeness (QED) is 0.698. The second kappa shape index (κ2) is 4.38. The molecule has 70 valence electrons. The molecule has 0 aliphatic heterocycles. The lowest BCUT2D eigenvalue weighted by Crippen LogP contribution is -2.10. The van der Waals surface area contributed by atoms with Crippen molar-refractivity contribution < 1.29 is 4.79 Å². The Kier molecular flexibility index (Phi) is 3.43. The zero-order valence-corrected chi connectivity index (χ0v) is 8.51. The molecule has 0 amide bonds. The van der Waals surface area contributed by atoms with Crippen LogP contribution in [-0.4, -0.2) is 10.8 Å². The molecule has 0 fully saturated rings. The molecule has 0 saturated heterocycles. The fourth-order valence-corrected chi connectivity index (χ4v) is 1.24. The molecule has 13 heavy (non-hydrogen) atoms. The molecule has 1 atom stereocenters. The minimum atomic E-state index is 0.0277. The summed E-state index contributed by atoms with van der Waals surface area (Å²) < 4.78 is 0. The summed E-state index contributed by atoms with van der Waals surface area (Å²) in [7, 11) is 0. The summed E-state index contributed by atoms with van der Waals surface area (Å²) in [6.45, 7) is 3.89. The zero-order valence-electron chi connectivity index (χ0n) is 7.75. The third-order valence-corrected chi connectivity index (χ3v) is 2.40. The smallest absolute Gasteiger partial charge is 0.167 e. The van der Waals surface area contributed by atoms with Gasteiger partial charge in [-0.05, 0) is 12.5 Å². The van der Waals surface area contributed by atoms with Crippen LogP contribution in [0.2, 0.25) is 5.02 Å². The van der Waals surface area contributed by atoms with Crippen LogP contribution in [0.4, 0.5) is 0 Å². The molecule has 1 heterocycles. The molecule has 0 N–H and O–H groups in total. The van der Waals surface area contributed by atoms with E-state index in [0.29, 0.717) is 10.6 Å². The van der Waals surface area contributed by atoms with Gasteiger partial charge in [0, 0.05) is 23.9 Å². The van der Waals surface area contributed by atoms with Gasteiger partial charge in [0.2, 0.25) is 0 Å². The molecule has 3 heteroatoms. The van der Waals surface area contributed by atoms with E-state index in [4.69, 9.17) is 11.6 Å². The van der Waals surface area contributed by atoms with E-state index in [1.807, 2.05) is 13.8 Å². The second-order valence-electron chi connectivity index (χ2n) is 3.03. The molecular weight excluding hydrogens is 186 g/mol. The van der Waals surface area contributed by atoms with Crippen molar-refractivity contribution in [3.63, 3.8) is 0 Å². The first-order valence-corrected chi connectivity index (χ1v) is 4.68. The van der Waals surface area contributed by atoms with E-state index < -0.39 is 0 Å². The molecule has 2 nitrogen and oxygen atoms in total. The molecule has 0 bridgehead atoms. The minimum Gasteiger partial charge on any atom is -0.294 e. The number of pyridine rings is 1. The number of ketones is 1. The van der Waals surface area contributed by atoms with Gasteiger partial charge in [-0.2, -0.15) is 0 Å². The van der Waals surface area contributed by atoms with E-state index in [1.165, 1.54) is 6.20 Å². The van der Waals surface area contributed by atoms with E-state index in [9.17, 15) is 4.79 Å². The monoisotopic (exact) mass is 197 g/mol. The summed E-state index contributed by atoms with van der Waals surface area (Å²) in [6.07, 6.45) is 3.91. The Balaban J connectivity index is 2.95. The van der Waals surface area contributed by atoms with Gasteiger partial charge in [0.25, 0.3) is 0 Å². The first-order chi connectivity index (χ1) is 6.16. The van der Waals surface area contributed by atoms with Crippen LogP contribution in [0.1, 0.15) is 30.6 Å². The van der Waals surface area contributed by atoms with Crippen molar-refractivity contribution in [1.29, 1.82) is 0 Å². The first-order valence-electron chi connectivity index (χ1n) is 4.30. The molecule has 0 spiro atoms. The number of Topliss-reactive ketones (excluding diaryl/α,β-unsaturated/α-hetero) is 1. The fraction of sp³-hybridized carbons (Fsp3) is 0.400. The maximum atomic E-state index is 11.7. The topological polar surface area (TPSA) is 30.0 Å². The number of halogens is 1. The Labute approximate surface area is 82.9 Å². The summed E-state index contributed by atoms with van der Waals surface area (Å²) in [6, 6.07) is 1.66. The van der Waals surface area contributed by atoms with Crippen molar-refractivity contribution in [1.82, 2.24) is 4.98 Å². The van der Waals surface area contributed by atoms with E-state index in [-0.39, 0.29) is 11.7 Å². The number of hydrogen-bond donors (Lipinski definition) is 0.